The van der Waals surface area contributed by atoms with Crippen LogP contribution in [0.1, 0.15) is 39.0 Å². The SMILES string of the molecule is CNC[C@@H]([C-]=O)CC(C)=O.[C-]1=NCCCCC1.[Ni+2]. The van der Waals surface area contributed by atoms with Crippen LogP contribution >= 0.6 is 0 Å². The fraction of sp³-hybridized carbons (Fsp3) is 0.769. The molecule has 18 heavy (non-hydrogen) atoms. The van der Waals surface area contributed by atoms with E-state index >= 15 is 0 Å². The number of hydrogen-bond acceptors (Lipinski definition) is 4. The number of ketones is 1. The van der Waals surface area contributed by atoms with E-state index in [-0.39, 0.29) is 28.2 Å². The van der Waals surface area contributed by atoms with Crippen LogP contribution in [0.25, 0.3) is 0 Å². The molecule has 1 rings (SSSR count). The van der Waals surface area contributed by atoms with Crippen molar-refractivity contribution in [2.24, 2.45) is 10.9 Å². The van der Waals surface area contributed by atoms with Gasteiger partial charge in [0.25, 0.3) is 0 Å². The Morgan fingerprint density at radius 1 is 1.44 bits per heavy atom. The number of aliphatic imine (C=N–C) groups is 1. The first-order valence-corrected chi connectivity index (χ1v) is 6.11. The molecule has 1 aliphatic rings. The number of nitrogens with one attached hydrogen (secondary N) is 1. The molecule has 0 unspecified atom stereocenters. The Kier molecular flexibility index (Phi) is 16.0. The molecule has 0 saturated heterocycles. The number of nitrogens with zero attached hydrogens (tertiary/aromatic N) is 1. The molecule has 1 heterocycles. The van der Waals surface area contributed by atoms with Crippen molar-refractivity contribution in [3.8, 4) is 0 Å². The number of hydrogen-bond donors (Lipinski definition) is 1. The topological polar surface area (TPSA) is 58.5 Å². The summed E-state index contributed by atoms with van der Waals surface area (Å²) in [7, 11) is 1.74. The Morgan fingerprint density at radius 2 is 2.17 bits per heavy atom. The number of rotatable bonds is 5. The first-order valence-electron chi connectivity index (χ1n) is 6.11. The summed E-state index contributed by atoms with van der Waals surface area (Å²) in [5.74, 6) is -0.244. The molecule has 0 fully saturated rings. The summed E-state index contributed by atoms with van der Waals surface area (Å²) < 4.78 is 0. The molecule has 0 aromatic carbocycles. The third-order valence-electron chi connectivity index (χ3n) is 2.32. The molecule has 5 heteroatoms. The molecular formula is C13H22N2NiO2. The average molecular weight is 297 g/mol. The second-order valence-corrected chi connectivity index (χ2v) is 4.13. The van der Waals surface area contributed by atoms with Gasteiger partial charge in [-0.1, -0.05) is 12.8 Å². The van der Waals surface area contributed by atoms with Gasteiger partial charge < -0.3 is 26.1 Å². The van der Waals surface area contributed by atoms with Gasteiger partial charge in [0, 0.05) is 0 Å². The predicted molar refractivity (Wildman–Crippen MR) is 69.2 cm³/mol. The third-order valence-corrected chi connectivity index (χ3v) is 2.32. The minimum Gasteiger partial charge on any atom is -0.541 e. The van der Waals surface area contributed by atoms with Gasteiger partial charge >= 0.3 is 16.5 Å². The van der Waals surface area contributed by atoms with E-state index < -0.39 is 0 Å². The first kappa shape index (κ1) is 19.8. The Balaban J connectivity index is 0. The summed E-state index contributed by atoms with van der Waals surface area (Å²) in [6.45, 7) is 3.02. The van der Waals surface area contributed by atoms with Gasteiger partial charge in [0.2, 0.25) is 0 Å². The van der Waals surface area contributed by atoms with Gasteiger partial charge in [0.05, 0.1) is 0 Å². The molecule has 0 aromatic heterocycles. The van der Waals surface area contributed by atoms with Crippen LogP contribution in [-0.2, 0) is 26.1 Å². The van der Waals surface area contributed by atoms with Crippen molar-refractivity contribution in [2.45, 2.75) is 39.0 Å². The van der Waals surface area contributed by atoms with E-state index in [2.05, 4.69) is 16.5 Å². The monoisotopic (exact) mass is 296 g/mol. The van der Waals surface area contributed by atoms with Crippen molar-refractivity contribution in [3.63, 3.8) is 0 Å². The zero-order valence-electron chi connectivity index (χ0n) is 11.1. The van der Waals surface area contributed by atoms with Crippen molar-refractivity contribution in [3.05, 3.63) is 0 Å². The van der Waals surface area contributed by atoms with Crippen molar-refractivity contribution in [2.75, 3.05) is 20.1 Å². The van der Waals surface area contributed by atoms with E-state index in [1.165, 1.54) is 26.2 Å². The van der Waals surface area contributed by atoms with Gasteiger partial charge in [-0.15, -0.1) is 5.92 Å². The molecule has 0 bridgehead atoms. The Labute approximate surface area is 120 Å². The van der Waals surface area contributed by atoms with Crippen molar-refractivity contribution >= 4 is 18.3 Å². The molecule has 1 aliphatic heterocycles. The minimum atomic E-state index is -0.275. The standard InChI is InChI=1S/C7H12NO2.C6H10N.Ni/c1-6(10)3-7(5-9)4-8-2;1-2-4-6-7-5-3-1;/h7-8H,3-4H2,1-2H3;1-5H2;/q2*-1;+2/t7-;;/m0../s1. The van der Waals surface area contributed by atoms with E-state index in [0.717, 1.165) is 13.0 Å². The van der Waals surface area contributed by atoms with Crippen molar-refractivity contribution < 1.29 is 26.1 Å². The molecule has 106 valence electrons. The Morgan fingerprint density at radius 3 is 2.72 bits per heavy atom. The maximum absolute atomic E-state index is 10.5. The fourth-order valence-electron chi connectivity index (χ4n) is 1.48. The van der Waals surface area contributed by atoms with Gasteiger partial charge in [-0.25, -0.2) is 0 Å². The summed E-state index contributed by atoms with van der Waals surface area (Å²) in [6, 6.07) is 0. The molecule has 0 aromatic rings. The quantitative estimate of drug-likeness (QED) is 0.616. The van der Waals surface area contributed by atoms with Crippen molar-refractivity contribution in [1.29, 1.82) is 0 Å². The maximum Gasteiger partial charge on any atom is 2.00 e. The normalized spacial score (nSPS) is 15.4. The largest absolute Gasteiger partial charge is 2.00 e. The smallest absolute Gasteiger partial charge is 0.541 e. The summed E-state index contributed by atoms with van der Waals surface area (Å²) in [5, 5.41) is 2.81. The molecule has 0 saturated carbocycles. The molecule has 0 spiro atoms. The number of carbonyl (C=O) groups is 1. The summed E-state index contributed by atoms with van der Waals surface area (Å²) in [6.07, 6.45) is 10.1. The Bertz CT molecular complexity index is 237. The van der Waals surface area contributed by atoms with Crippen LogP contribution in [0.3, 0.4) is 0 Å². The predicted octanol–water partition coefficient (Wildman–Crippen LogP) is 1.42. The third kappa shape index (κ3) is 13.5. The molecular weight excluding hydrogens is 275 g/mol. The van der Waals surface area contributed by atoms with Crippen LogP contribution in [0.4, 0.5) is 0 Å². The molecule has 1 N–H and O–H groups in total. The van der Waals surface area contributed by atoms with Crippen LogP contribution < -0.4 is 5.32 Å². The van der Waals surface area contributed by atoms with E-state index in [4.69, 9.17) is 0 Å². The van der Waals surface area contributed by atoms with Crippen LogP contribution in [0.15, 0.2) is 4.99 Å². The van der Waals surface area contributed by atoms with Gasteiger partial charge in [-0.2, -0.15) is 6.42 Å². The van der Waals surface area contributed by atoms with Gasteiger partial charge in [0.15, 0.2) is 0 Å². The van der Waals surface area contributed by atoms with Crippen LogP contribution in [0, 0.1) is 5.92 Å². The van der Waals surface area contributed by atoms with E-state index in [1.807, 2.05) is 0 Å². The zero-order chi connectivity index (χ0) is 12.9. The minimum absolute atomic E-state index is 0. The van der Waals surface area contributed by atoms with Gasteiger partial charge in [-0.05, 0) is 39.9 Å². The van der Waals surface area contributed by atoms with E-state index in [0.29, 0.717) is 13.0 Å². The number of carbonyl (C=O) groups excluding carboxylic acids is 2. The number of Topliss-reactive ketones (excluding diaryl/α,β-unsaturated/α-hetero) is 1. The van der Waals surface area contributed by atoms with Crippen molar-refractivity contribution in [1.82, 2.24) is 5.32 Å². The summed E-state index contributed by atoms with van der Waals surface area (Å²) in [5.41, 5.74) is 0. The van der Waals surface area contributed by atoms with Gasteiger partial charge in [0.1, 0.15) is 5.78 Å². The average Bonchev–Trinajstić information content (AvgIpc) is 2.60. The second kappa shape index (κ2) is 14.5. The molecule has 0 amide bonds. The Hall–Kier alpha value is -0.536. The first-order chi connectivity index (χ1) is 8.20. The molecule has 0 radical (unpaired) electrons. The molecule has 1 atom stereocenters. The van der Waals surface area contributed by atoms with Gasteiger partial charge in [-0.3, -0.25) is 6.29 Å². The molecule has 4 nitrogen and oxygen atoms in total. The zero-order valence-corrected chi connectivity index (χ0v) is 12.1. The second-order valence-electron chi connectivity index (χ2n) is 4.13. The van der Waals surface area contributed by atoms with E-state index in [1.54, 1.807) is 13.3 Å². The fourth-order valence-corrected chi connectivity index (χ4v) is 1.48. The van der Waals surface area contributed by atoms with Crippen LogP contribution in [0.5, 0.6) is 0 Å². The van der Waals surface area contributed by atoms with Crippen LogP contribution in [-0.4, -0.2) is 38.4 Å². The van der Waals surface area contributed by atoms with E-state index in [9.17, 15) is 9.59 Å². The van der Waals surface area contributed by atoms with Crippen LogP contribution in [0.2, 0.25) is 0 Å². The molecule has 0 aliphatic carbocycles. The maximum atomic E-state index is 10.5. The summed E-state index contributed by atoms with van der Waals surface area (Å²) >= 11 is 0. The summed E-state index contributed by atoms with van der Waals surface area (Å²) in [4.78, 5) is 24.6.